The highest BCUT2D eigenvalue weighted by molar-refractivity contribution is 5.81. The lowest BCUT2D eigenvalue weighted by Gasteiger charge is -2.32. The molecule has 4 heterocycles. The maximum atomic E-state index is 10.2. The van der Waals surface area contributed by atoms with Crippen LogP contribution in [0.25, 0.3) is 11.0 Å². The number of aliphatic hydroxyl groups excluding tert-OH is 1. The lowest BCUT2D eigenvalue weighted by Crippen LogP contribution is -2.32. The predicted octanol–water partition coefficient (Wildman–Crippen LogP) is 6.47. The second-order valence-corrected chi connectivity index (χ2v) is 12.0. The number of fused-ring (bicyclic) bond motifs is 1. The molecule has 7 nitrogen and oxygen atoms in total. The molecular formula is C33H42N6O. The minimum atomic E-state index is -0.173. The van der Waals surface area contributed by atoms with E-state index in [0.29, 0.717) is 17.9 Å². The van der Waals surface area contributed by atoms with Gasteiger partial charge in [-0.2, -0.15) is 4.98 Å². The molecule has 0 spiro atoms. The molecule has 1 aliphatic carbocycles. The maximum Gasteiger partial charge on any atom is 0.225 e. The Bertz CT molecular complexity index is 1410. The van der Waals surface area contributed by atoms with Gasteiger partial charge in [-0.1, -0.05) is 30.3 Å². The van der Waals surface area contributed by atoms with Crippen LogP contribution in [0.2, 0.25) is 0 Å². The van der Waals surface area contributed by atoms with Gasteiger partial charge in [-0.3, -0.25) is 9.88 Å². The summed E-state index contributed by atoms with van der Waals surface area (Å²) in [6.07, 6.45) is 10.2. The van der Waals surface area contributed by atoms with Gasteiger partial charge in [-0.25, -0.2) is 4.98 Å². The first-order valence-electron chi connectivity index (χ1n) is 15.0. The fraction of sp³-hybridized carbons (Fsp3) is 0.485. The van der Waals surface area contributed by atoms with Crippen LogP contribution in [0.15, 0.2) is 54.9 Å². The zero-order valence-corrected chi connectivity index (χ0v) is 24.1. The van der Waals surface area contributed by atoms with Gasteiger partial charge in [-0.05, 0) is 107 Å². The Morgan fingerprint density at radius 3 is 2.35 bits per heavy atom. The van der Waals surface area contributed by atoms with E-state index in [1.54, 1.807) is 0 Å². The zero-order valence-electron chi connectivity index (χ0n) is 24.1. The molecule has 1 atom stereocenters. The number of nitrogens with one attached hydrogen (secondary N) is 1. The van der Waals surface area contributed by atoms with Gasteiger partial charge in [0.05, 0.1) is 12.1 Å². The predicted molar refractivity (Wildman–Crippen MR) is 160 cm³/mol. The fourth-order valence-corrected chi connectivity index (χ4v) is 6.75. The van der Waals surface area contributed by atoms with Gasteiger partial charge in [0.25, 0.3) is 0 Å². The van der Waals surface area contributed by atoms with Gasteiger partial charge in [0.15, 0.2) is 0 Å². The molecule has 0 amide bonds. The number of nitrogens with zero attached hydrogens (tertiary/aromatic N) is 5. The smallest absolute Gasteiger partial charge is 0.225 e. The van der Waals surface area contributed by atoms with Crippen molar-refractivity contribution in [3.63, 3.8) is 0 Å². The summed E-state index contributed by atoms with van der Waals surface area (Å²) < 4.78 is 2.41. The molecular weight excluding hydrogens is 496 g/mol. The lowest BCUT2D eigenvalue weighted by molar-refractivity contribution is 0.111. The molecule has 210 valence electrons. The molecule has 7 heteroatoms. The standard InChI is InChI=1S/C33H42N6O/c1-22-17-25(18-23(2)35-22)20-38-15-13-27(14-16-38)31-21-39(28-9-11-29(40)12-10-28)32-30(31)19-34-33(37-32)36-24(3)26-7-5-4-6-8-26/h4-8,17-19,21,24,27-29,40H,9-16,20H2,1-3H3,(H,34,36,37)/t24-,28-,29-/m0/s1. The number of hydrogen-bond donors (Lipinski definition) is 2. The van der Waals surface area contributed by atoms with Gasteiger partial charge >= 0.3 is 0 Å². The average molecular weight is 539 g/mol. The summed E-state index contributed by atoms with van der Waals surface area (Å²) in [6, 6.07) is 15.4. The lowest BCUT2D eigenvalue weighted by atomic mass is 9.89. The third-order valence-corrected chi connectivity index (χ3v) is 8.88. The van der Waals surface area contributed by atoms with Crippen LogP contribution in [0.4, 0.5) is 5.95 Å². The highest BCUT2D eigenvalue weighted by atomic mass is 16.3. The number of aliphatic hydroxyl groups is 1. The molecule has 2 fully saturated rings. The zero-order chi connectivity index (χ0) is 27.6. The Labute approximate surface area is 237 Å². The normalized spacial score (nSPS) is 21.5. The van der Waals surface area contributed by atoms with E-state index in [1.807, 2.05) is 12.3 Å². The van der Waals surface area contributed by atoms with Gasteiger partial charge in [0.2, 0.25) is 5.95 Å². The van der Waals surface area contributed by atoms with Crippen molar-refractivity contribution >= 4 is 17.0 Å². The average Bonchev–Trinajstić information content (AvgIpc) is 3.32. The molecule has 6 rings (SSSR count). The van der Waals surface area contributed by atoms with E-state index in [9.17, 15) is 5.11 Å². The molecule has 4 aromatic rings. The summed E-state index contributed by atoms with van der Waals surface area (Å²) in [4.78, 5) is 17.0. The van der Waals surface area contributed by atoms with E-state index in [2.05, 4.69) is 83.1 Å². The minimum absolute atomic E-state index is 0.114. The first-order valence-corrected chi connectivity index (χ1v) is 15.0. The number of anilines is 1. The van der Waals surface area contributed by atoms with Crippen molar-refractivity contribution in [1.82, 2.24) is 24.4 Å². The van der Waals surface area contributed by atoms with E-state index in [-0.39, 0.29) is 12.1 Å². The van der Waals surface area contributed by atoms with Crippen LogP contribution in [0.1, 0.15) is 91.5 Å². The number of aromatic nitrogens is 4. The van der Waals surface area contributed by atoms with Crippen molar-refractivity contribution in [2.45, 2.75) is 89.9 Å². The first-order chi connectivity index (χ1) is 19.4. The third-order valence-electron chi connectivity index (χ3n) is 8.88. The number of pyridine rings is 1. The monoisotopic (exact) mass is 538 g/mol. The molecule has 40 heavy (non-hydrogen) atoms. The summed E-state index contributed by atoms with van der Waals surface area (Å²) in [5.41, 5.74) is 7.18. The molecule has 1 saturated carbocycles. The van der Waals surface area contributed by atoms with Crippen LogP contribution in [0, 0.1) is 13.8 Å². The fourth-order valence-electron chi connectivity index (χ4n) is 6.75. The second-order valence-electron chi connectivity index (χ2n) is 12.0. The molecule has 1 saturated heterocycles. The minimum Gasteiger partial charge on any atom is -0.393 e. The number of rotatable bonds is 7. The second kappa shape index (κ2) is 11.7. The summed E-state index contributed by atoms with van der Waals surface area (Å²) in [5, 5.41) is 14.9. The van der Waals surface area contributed by atoms with Crippen molar-refractivity contribution < 1.29 is 5.11 Å². The van der Waals surface area contributed by atoms with Crippen LogP contribution in [-0.2, 0) is 6.54 Å². The van der Waals surface area contributed by atoms with Gasteiger partial charge in [0.1, 0.15) is 5.65 Å². The highest BCUT2D eigenvalue weighted by Gasteiger charge is 2.28. The van der Waals surface area contributed by atoms with E-state index in [4.69, 9.17) is 9.97 Å². The number of piperidine rings is 1. The molecule has 1 aromatic carbocycles. The Kier molecular flexibility index (Phi) is 7.85. The summed E-state index contributed by atoms with van der Waals surface area (Å²) >= 11 is 0. The van der Waals surface area contributed by atoms with Crippen molar-refractivity contribution in [2.75, 3.05) is 18.4 Å². The van der Waals surface area contributed by atoms with Crippen molar-refractivity contribution in [3.05, 3.63) is 82.9 Å². The number of benzene rings is 1. The first kappa shape index (κ1) is 26.9. The molecule has 3 aromatic heterocycles. The van der Waals surface area contributed by atoms with Crippen LogP contribution in [0.5, 0.6) is 0 Å². The van der Waals surface area contributed by atoms with E-state index >= 15 is 0 Å². The van der Waals surface area contributed by atoms with Crippen molar-refractivity contribution in [3.8, 4) is 0 Å². The van der Waals surface area contributed by atoms with E-state index in [1.165, 1.54) is 22.1 Å². The number of aryl methyl sites for hydroxylation is 2. The largest absolute Gasteiger partial charge is 0.393 e. The Morgan fingerprint density at radius 2 is 1.65 bits per heavy atom. The van der Waals surface area contributed by atoms with Crippen LogP contribution < -0.4 is 5.32 Å². The SMILES string of the molecule is Cc1cc(CN2CCC(c3cn([C@H]4CC[C@H](O)CC4)c4nc(N[C@@H](C)c5ccccc5)ncc34)CC2)cc(C)n1. The number of likely N-dealkylation sites (tertiary alicyclic amines) is 1. The van der Waals surface area contributed by atoms with Gasteiger partial charge < -0.3 is 15.0 Å². The summed E-state index contributed by atoms with van der Waals surface area (Å²) in [7, 11) is 0. The maximum absolute atomic E-state index is 10.2. The highest BCUT2D eigenvalue weighted by Crippen LogP contribution is 2.38. The molecule has 2 aliphatic rings. The molecule has 1 aliphatic heterocycles. The quantitative estimate of drug-likeness (QED) is 0.281. The Balaban J connectivity index is 1.23. The third kappa shape index (κ3) is 5.91. The van der Waals surface area contributed by atoms with Crippen LogP contribution in [-0.4, -0.2) is 48.7 Å². The van der Waals surface area contributed by atoms with E-state index in [0.717, 1.165) is 75.2 Å². The summed E-state index contributed by atoms with van der Waals surface area (Å²) in [6.45, 7) is 9.47. The van der Waals surface area contributed by atoms with Gasteiger partial charge in [-0.15, -0.1) is 0 Å². The topological polar surface area (TPSA) is 79.1 Å². The Hall–Kier alpha value is -3.29. The summed E-state index contributed by atoms with van der Waals surface area (Å²) in [5.74, 6) is 1.17. The van der Waals surface area contributed by atoms with Gasteiger partial charge in [0, 0.05) is 41.8 Å². The van der Waals surface area contributed by atoms with Crippen LogP contribution in [0.3, 0.4) is 0 Å². The van der Waals surface area contributed by atoms with Crippen molar-refractivity contribution in [2.24, 2.45) is 0 Å². The van der Waals surface area contributed by atoms with Crippen LogP contribution >= 0.6 is 0 Å². The molecule has 0 radical (unpaired) electrons. The Morgan fingerprint density at radius 1 is 0.950 bits per heavy atom. The molecule has 2 N–H and O–H groups in total. The van der Waals surface area contributed by atoms with Crippen molar-refractivity contribution in [1.29, 1.82) is 0 Å². The number of hydrogen-bond acceptors (Lipinski definition) is 6. The van der Waals surface area contributed by atoms with E-state index < -0.39 is 0 Å². The molecule has 0 unspecified atom stereocenters. The molecule has 0 bridgehead atoms.